The van der Waals surface area contributed by atoms with Crippen LogP contribution in [0.2, 0.25) is 5.15 Å². The highest BCUT2D eigenvalue weighted by molar-refractivity contribution is 7.17. The SMILES string of the molecule is CCOC(=O)c1sc(N2CCC(NC(=O)c3nc(Cl)c(CC)[nH]3)C(OCCF)C2)nc1C. The second kappa shape index (κ2) is 11.1. The van der Waals surface area contributed by atoms with Gasteiger partial charge in [-0.05, 0) is 26.7 Å². The van der Waals surface area contributed by atoms with Gasteiger partial charge in [-0.2, -0.15) is 0 Å². The van der Waals surface area contributed by atoms with Crippen LogP contribution in [0.5, 0.6) is 0 Å². The number of amides is 1. The predicted molar refractivity (Wildman–Crippen MR) is 120 cm³/mol. The number of halogens is 2. The van der Waals surface area contributed by atoms with Crippen LogP contribution in [0.15, 0.2) is 0 Å². The third-order valence-corrected chi connectivity index (χ3v) is 6.61. The summed E-state index contributed by atoms with van der Waals surface area (Å²) in [4.78, 5) is 38.7. The summed E-state index contributed by atoms with van der Waals surface area (Å²) < 4.78 is 23.6. The number of thiazole rings is 1. The first-order chi connectivity index (χ1) is 15.4. The summed E-state index contributed by atoms with van der Waals surface area (Å²) in [5.74, 6) is -0.661. The molecular formula is C20H27ClFN5O4S. The summed E-state index contributed by atoms with van der Waals surface area (Å²) in [5, 5.41) is 3.86. The van der Waals surface area contributed by atoms with Crippen LogP contribution < -0.4 is 10.2 Å². The number of alkyl halides is 1. The van der Waals surface area contributed by atoms with Crippen LogP contribution in [0.25, 0.3) is 0 Å². The lowest BCUT2D eigenvalue weighted by molar-refractivity contribution is 0.0140. The molecule has 1 saturated heterocycles. The highest BCUT2D eigenvalue weighted by Crippen LogP contribution is 2.30. The van der Waals surface area contributed by atoms with Crippen LogP contribution in [0.4, 0.5) is 9.52 Å². The van der Waals surface area contributed by atoms with Gasteiger partial charge in [0.2, 0.25) is 0 Å². The number of piperidine rings is 1. The molecule has 1 fully saturated rings. The fourth-order valence-corrected chi connectivity index (χ4v) is 4.75. The van der Waals surface area contributed by atoms with Gasteiger partial charge in [-0.1, -0.05) is 29.9 Å². The molecular weight excluding hydrogens is 461 g/mol. The molecule has 1 aliphatic heterocycles. The zero-order valence-corrected chi connectivity index (χ0v) is 19.8. The summed E-state index contributed by atoms with van der Waals surface area (Å²) >= 11 is 7.29. The van der Waals surface area contributed by atoms with Crippen LogP contribution in [0, 0.1) is 6.92 Å². The van der Waals surface area contributed by atoms with Crippen molar-refractivity contribution in [3.8, 4) is 0 Å². The Hall–Kier alpha value is -2.24. The molecule has 0 aromatic carbocycles. The maximum absolute atomic E-state index is 12.8. The Labute approximate surface area is 194 Å². The number of hydrogen-bond donors (Lipinski definition) is 2. The second-order valence-electron chi connectivity index (χ2n) is 7.25. The van der Waals surface area contributed by atoms with E-state index in [9.17, 15) is 14.0 Å². The van der Waals surface area contributed by atoms with Crippen molar-refractivity contribution in [1.82, 2.24) is 20.3 Å². The quantitative estimate of drug-likeness (QED) is 0.523. The van der Waals surface area contributed by atoms with Gasteiger partial charge in [-0.25, -0.2) is 19.2 Å². The van der Waals surface area contributed by atoms with E-state index in [-0.39, 0.29) is 30.2 Å². The molecule has 2 N–H and O–H groups in total. The number of ether oxygens (including phenoxy) is 2. The van der Waals surface area contributed by atoms with Gasteiger partial charge in [-0.3, -0.25) is 4.79 Å². The molecule has 32 heavy (non-hydrogen) atoms. The van der Waals surface area contributed by atoms with Crippen molar-refractivity contribution >= 4 is 39.9 Å². The number of carbonyl (C=O) groups excluding carboxylic acids is 2. The van der Waals surface area contributed by atoms with Crippen LogP contribution in [-0.4, -0.2) is 72.0 Å². The molecule has 0 radical (unpaired) electrons. The normalized spacial score (nSPS) is 18.6. The number of anilines is 1. The average molecular weight is 488 g/mol. The summed E-state index contributed by atoms with van der Waals surface area (Å²) in [6.07, 6.45) is 0.709. The van der Waals surface area contributed by atoms with Crippen LogP contribution in [0.1, 0.15) is 51.9 Å². The second-order valence-corrected chi connectivity index (χ2v) is 8.59. The molecule has 1 aliphatic rings. The lowest BCUT2D eigenvalue weighted by Gasteiger charge is -2.38. The standard InChI is InChI=1S/C20H27ClFN5O4S/c1-4-12-16(21)26-17(24-12)18(28)25-13-6-8-27(10-14(13)31-9-7-22)20-23-11(3)15(32-20)19(29)30-5-2/h13-14H,4-10H2,1-3H3,(H,24,26)(H,25,28). The number of rotatable bonds is 9. The lowest BCUT2D eigenvalue weighted by Crippen LogP contribution is -2.55. The third-order valence-electron chi connectivity index (χ3n) is 5.10. The molecule has 0 aliphatic carbocycles. The third kappa shape index (κ3) is 5.57. The summed E-state index contributed by atoms with van der Waals surface area (Å²) in [6, 6.07) is -0.343. The molecule has 12 heteroatoms. The minimum Gasteiger partial charge on any atom is -0.462 e. The van der Waals surface area contributed by atoms with E-state index in [1.165, 1.54) is 11.3 Å². The van der Waals surface area contributed by atoms with E-state index < -0.39 is 24.7 Å². The number of aryl methyl sites for hydroxylation is 2. The largest absolute Gasteiger partial charge is 0.462 e. The van der Waals surface area contributed by atoms with Gasteiger partial charge in [0.05, 0.1) is 36.7 Å². The minimum atomic E-state index is -0.631. The predicted octanol–water partition coefficient (Wildman–Crippen LogP) is 2.93. The maximum atomic E-state index is 12.8. The summed E-state index contributed by atoms with van der Waals surface area (Å²) in [7, 11) is 0. The number of H-pyrrole nitrogens is 1. The van der Waals surface area contributed by atoms with Crippen LogP contribution in [-0.2, 0) is 15.9 Å². The Kier molecular flexibility index (Phi) is 8.44. The highest BCUT2D eigenvalue weighted by atomic mass is 35.5. The van der Waals surface area contributed by atoms with Gasteiger partial charge < -0.3 is 24.7 Å². The number of imidazole rings is 1. The molecule has 0 saturated carbocycles. The Balaban J connectivity index is 1.71. The fourth-order valence-electron chi connectivity index (χ4n) is 3.49. The lowest BCUT2D eigenvalue weighted by atomic mass is 10.0. The zero-order valence-electron chi connectivity index (χ0n) is 18.2. The van der Waals surface area contributed by atoms with E-state index >= 15 is 0 Å². The van der Waals surface area contributed by atoms with Crippen molar-refractivity contribution < 1.29 is 23.5 Å². The van der Waals surface area contributed by atoms with Crippen molar-refractivity contribution in [2.45, 2.75) is 45.8 Å². The van der Waals surface area contributed by atoms with E-state index in [0.29, 0.717) is 47.3 Å². The number of aromatic nitrogens is 3. The number of aromatic amines is 1. The molecule has 176 valence electrons. The first-order valence-corrected chi connectivity index (χ1v) is 11.7. The zero-order chi connectivity index (χ0) is 23.3. The van der Waals surface area contributed by atoms with Crippen molar-refractivity contribution in [3.05, 3.63) is 27.2 Å². The van der Waals surface area contributed by atoms with Crippen molar-refractivity contribution in [3.63, 3.8) is 0 Å². The van der Waals surface area contributed by atoms with Gasteiger partial charge in [0, 0.05) is 13.1 Å². The first kappa shape index (κ1) is 24.4. The summed E-state index contributed by atoms with van der Waals surface area (Å²) in [5.41, 5.74) is 1.29. The van der Waals surface area contributed by atoms with E-state index in [2.05, 4.69) is 20.3 Å². The van der Waals surface area contributed by atoms with Gasteiger partial charge in [-0.15, -0.1) is 0 Å². The molecule has 1 amide bonds. The number of carbonyl (C=O) groups is 2. The van der Waals surface area contributed by atoms with E-state index in [0.717, 1.165) is 0 Å². The molecule has 2 unspecified atom stereocenters. The van der Waals surface area contributed by atoms with Crippen molar-refractivity contribution in [2.24, 2.45) is 0 Å². The molecule has 2 aromatic heterocycles. The molecule has 2 atom stereocenters. The molecule has 9 nitrogen and oxygen atoms in total. The Morgan fingerprint density at radius 2 is 2.16 bits per heavy atom. The summed E-state index contributed by atoms with van der Waals surface area (Å²) in [6.45, 7) is 5.96. The van der Waals surface area contributed by atoms with Gasteiger partial charge in [0.15, 0.2) is 16.1 Å². The van der Waals surface area contributed by atoms with E-state index in [1.54, 1.807) is 13.8 Å². The van der Waals surface area contributed by atoms with E-state index in [1.807, 2.05) is 11.8 Å². The maximum Gasteiger partial charge on any atom is 0.350 e. The molecule has 2 aromatic rings. The van der Waals surface area contributed by atoms with Gasteiger partial charge >= 0.3 is 5.97 Å². The Bertz CT molecular complexity index is 953. The number of esters is 1. The number of nitrogens with zero attached hydrogens (tertiary/aromatic N) is 3. The van der Waals surface area contributed by atoms with Crippen molar-refractivity contribution in [2.75, 3.05) is 37.9 Å². The van der Waals surface area contributed by atoms with Crippen LogP contribution in [0.3, 0.4) is 0 Å². The first-order valence-electron chi connectivity index (χ1n) is 10.5. The average Bonchev–Trinajstić information content (AvgIpc) is 3.35. The minimum absolute atomic E-state index is 0.0809. The Morgan fingerprint density at radius 3 is 2.81 bits per heavy atom. The molecule has 3 rings (SSSR count). The van der Waals surface area contributed by atoms with Gasteiger partial charge in [0.1, 0.15) is 11.6 Å². The monoisotopic (exact) mass is 487 g/mol. The molecule has 0 bridgehead atoms. The number of nitrogens with one attached hydrogen (secondary N) is 2. The highest BCUT2D eigenvalue weighted by Gasteiger charge is 2.34. The number of hydrogen-bond acceptors (Lipinski definition) is 8. The molecule has 0 spiro atoms. The van der Waals surface area contributed by atoms with Crippen molar-refractivity contribution in [1.29, 1.82) is 0 Å². The smallest absolute Gasteiger partial charge is 0.350 e. The van der Waals surface area contributed by atoms with E-state index in [4.69, 9.17) is 21.1 Å². The molecule has 3 heterocycles. The van der Waals surface area contributed by atoms with Crippen LogP contribution >= 0.6 is 22.9 Å². The van der Waals surface area contributed by atoms with Gasteiger partial charge in [0.25, 0.3) is 5.91 Å². The topological polar surface area (TPSA) is 109 Å². The Morgan fingerprint density at radius 1 is 1.38 bits per heavy atom. The fraction of sp³-hybridized carbons (Fsp3) is 0.600.